The Balaban J connectivity index is 2.35. The van der Waals surface area contributed by atoms with Crippen molar-refractivity contribution in [2.45, 2.75) is 4.90 Å². The average Bonchev–Trinajstić information content (AvgIpc) is 2.81. The molecule has 7 heteroatoms. The number of hydrogen-bond donors (Lipinski definition) is 2. The molecule has 3 rings (SSSR count). The van der Waals surface area contributed by atoms with E-state index in [9.17, 15) is 8.42 Å². The Morgan fingerprint density at radius 3 is 2.60 bits per heavy atom. The van der Waals surface area contributed by atoms with Crippen molar-refractivity contribution in [3.63, 3.8) is 0 Å². The first-order valence-corrected chi connectivity index (χ1v) is 7.37. The predicted octanol–water partition coefficient (Wildman–Crippen LogP) is 1.26. The fourth-order valence-corrected chi connectivity index (χ4v) is 2.84. The number of para-hydroxylation sites is 1. The third-order valence-corrected chi connectivity index (χ3v) is 3.94. The van der Waals surface area contributed by atoms with Crippen LogP contribution in [-0.2, 0) is 10.0 Å². The van der Waals surface area contributed by atoms with Gasteiger partial charge in [0, 0.05) is 11.1 Å². The van der Waals surface area contributed by atoms with Crippen molar-refractivity contribution < 1.29 is 8.42 Å². The molecule has 3 aromatic rings. The lowest BCUT2D eigenvalue weighted by atomic mass is 10.2. The van der Waals surface area contributed by atoms with Crippen LogP contribution in [-0.4, -0.2) is 18.2 Å². The van der Waals surface area contributed by atoms with E-state index in [0.29, 0.717) is 11.4 Å². The number of sulfonamides is 1. The summed E-state index contributed by atoms with van der Waals surface area (Å²) in [4.78, 5) is -0.0497. The number of benzene rings is 2. The van der Waals surface area contributed by atoms with Gasteiger partial charge in [0.2, 0.25) is 10.0 Å². The molecule has 0 aliphatic rings. The standard InChI is InChI=1S/C13H12N4O2S/c14-10-5-6-12(13(7-10)20(15,18)19)17-11-4-2-1-3-9(11)8-16-17/h1-8H,14H2,(H2,15,18,19). The van der Waals surface area contributed by atoms with E-state index >= 15 is 0 Å². The maximum absolute atomic E-state index is 11.7. The highest BCUT2D eigenvalue weighted by Gasteiger charge is 2.17. The summed E-state index contributed by atoms with van der Waals surface area (Å²) in [5, 5.41) is 10.4. The van der Waals surface area contributed by atoms with Crippen molar-refractivity contribution in [1.82, 2.24) is 9.78 Å². The fourth-order valence-electron chi connectivity index (χ4n) is 2.10. The first-order valence-electron chi connectivity index (χ1n) is 5.82. The normalized spacial score (nSPS) is 11.8. The summed E-state index contributed by atoms with van der Waals surface area (Å²) in [5.74, 6) is 0. The lowest BCUT2D eigenvalue weighted by Crippen LogP contribution is -2.16. The Morgan fingerprint density at radius 2 is 1.85 bits per heavy atom. The number of fused-ring (bicyclic) bond motifs is 1. The van der Waals surface area contributed by atoms with Gasteiger partial charge in [-0.1, -0.05) is 18.2 Å². The van der Waals surface area contributed by atoms with Crippen LogP contribution in [0.25, 0.3) is 16.6 Å². The van der Waals surface area contributed by atoms with Gasteiger partial charge < -0.3 is 5.73 Å². The Kier molecular flexibility index (Phi) is 2.73. The minimum absolute atomic E-state index is 0.0497. The molecule has 6 nitrogen and oxygen atoms in total. The number of hydrogen-bond acceptors (Lipinski definition) is 4. The molecule has 0 aliphatic carbocycles. The van der Waals surface area contributed by atoms with Crippen molar-refractivity contribution in [2.24, 2.45) is 5.14 Å². The molecule has 1 heterocycles. The molecule has 0 aliphatic heterocycles. The van der Waals surface area contributed by atoms with E-state index in [1.54, 1.807) is 18.3 Å². The average molecular weight is 288 g/mol. The maximum atomic E-state index is 11.7. The first-order chi connectivity index (χ1) is 9.47. The second kappa shape index (κ2) is 4.32. The van der Waals surface area contributed by atoms with E-state index in [2.05, 4.69) is 5.10 Å². The molecule has 102 valence electrons. The predicted molar refractivity (Wildman–Crippen MR) is 76.9 cm³/mol. The Bertz CT molecular complexity index is 900. The second-order valence-corrected chi connectivity index (χ2v) is 5.92. The molecular formula is C13H12N4O2S. The van der Waals surface area contributed by atoms with Gasteiger partial charge in [-0.25, -0.2) is 18.2 Å². The van der Waals surface area contributed by atoms with E-state index < -0.39 is 10.0 Å². The molecule has 0 atom stereocenters. The van der Waals surface area contributed by atoms with Gasteiger partial charge in [-0.2, -0.15) is 5.10 Å². The maximum Gasteiger partial charge on any atom is 0.240 e. The lowest BCUT2D eigenvalue weighted by Gasteiger charge is -2.09. The second-order valence-electron chi connectivity index (χ2n) is 4.39. The molecule has 0 radical (unpaired) electrons. The van der Waals surface area contributed by atoms with E-state index in [0.717, 1.165) is 10.9 Å². The van der Waals surface area contributed by atoms with E-state index in [4.69, 9.17) is 10.9 Å². The Hall–Kier alpha value is -2.38. The zero-order valence-electron chi connectivity index (χ0n) is 10.4. The Morgan fingerprint density at radius 1 is 1.10 bits per heavy atom. The van der Waals surface area contributed by atoms with E-state index in [1.807, 2.05) is 24.3 Å². The van der Waals surface area contributed by atoms with Gasteiger partial charge >= 0.3 is 0 Å². The third kappa shape index (κ3) is 2.02. The summed E-state index contributed by atoms with van der Waals surface area (Å²) in [5.41, 5.74) is 7.14. The minimum Gasteiger partial charge on any atom is -0.399 e. The topological polar surface area (TPSA) is 104 Å². The first kappa shape index (κ1) is 12.6. The molecule has 1 aromatic heterocycles. The van der Waals surface area contributed by atoms with Crippen LogP contribution in [0.15, 0.2) is 53.6 Å². The molecule has 0 amide bonds. The summed E-state index contributed by atoms with van der Waals surface area (Å²) in [6, 6.07) is 12.0. The summed E-state index contributed by atoms with van der Waals surface area (Å²) in [6.07, 6.45) is 1.67. The van der Waals surface area contributed by atoms with Crippen molar-refractivity contribution >= 4 is 26.6 Å². The number of aromatic nitrogens is 2. The van der Waals surface area contributed by atoms with Crippen molar-refractivity contribution in [2.75, 3.05) is 5.73 Å². The molecule has 0 saturated carbocycles. The van der Waals surface area contributed by atoms with Crippen LogP contribution in [0.3, 0.4) is 0 Å². The fraction of sp³-hybridized carbons (Fsp3) is 0. The van der Waals surface area contributed by atoms with E-state index in [1.165, 1.54) is 10.7 Å². The summed E-state index contributed by atoms with van der Waals surface area (Å²) < 4.78 is 25.0. The molecule has 0 bridgehead atoms. The zero-order valence-corrected chi connectivity index (χ0v) is 11.2. The molecule has 2 aromatic carbocycles. The Labute approximate surface area is 115 Å². The number of nitrogens with zero attached hydrogens (tertiary/aromatic N) is 2. The quantitative estimate of drug-likeness (QED) is 0.692. The van der Waals surface area contributed by atoms with Crippen LogP contribution in [0.5, 0.6) is 0 Å². The monoisotopic (exact) mass is 288 g/mol. The summed E-state index contributed by atoms with van der Waals surface area (Å²) in [6.45, 7) is 0. The molecular weight excluding hydrogens is 276 g/mol. The SMILES string of the molecule is Nc1ccc(-n2ncc3ccccc32)c(S(N)(=O)=O)c1. The van der Waals surface area contributed by atoms with Crippen molar-refractivity contribution in [3.05, 3.63) is 48.7 Å². The van der Waals surface area contributed by atoms with Crippen LogP contribution in [0, 0.1) is 0 Å². The van der Waals surface area contributed by atoms with Gasteiger partial charge in [0.05, 0.1) is 17.4 Å². The third-order valence-electron chi connectivity index (χ3n) is 3.00. The highest BCUT2D eigenvalue weighted by molar-refractivity contribution is 7.89. The number of rotatable bonds is 2. The van der Waals surface area contributed by atoms with Gasteiger partial charge in [0.15, 0.2) is 0 Å². The van der Waals surface area contributed by atoms with Gasteiger partial charge in [0.25, 0.3) is 0 Å². The van der Waals surface area contributed by atoms with Crippen LogP contribution < -0.4 is 10.9 Å². The minimum atomic E-state index is -3.89. The van der Waals surface area contributed by atoms with Gasteiger partial charge in [-0.05, 0) is 24.3 Å². The summed E-state index contributed by atoms with van der Waals surface area (Å²) in [7, 11) is -3.89. The number of nitrogen functional groups attached to an aromatic ring is 1. The molecule has 0 saturated heterocycles. The van der Waals surface area contributed by atoms with Gasteiger partial charge in [-0.15, -0.1) is 0 Å². The van der Waals surface area contributed by atoms with Crippen molar-refractivity contribution in [3.8, 4) is 5.69 Å². The molecule has 0 unspecified atom stereocenters. The van der Waals surface area contributed by atoms with Crippen LogP contribution in [0.2, 0.25) is 0 Å². The van der Waals surface area contributed by atoms with Crippen LogP contribution >= 0.6 is 0 Å². The van der Waals surface area contributed by atoms with Gasteiger partial charge in [0.1, 0.15) is 4.90 Å². The number of anilines is 1. The van der Waals surface area contributed by atoms with Crippen molar-refractivity contribution in [1.29, 1.82) is 0 Å². The van der Waals surface area contributed by atoms with Crippen LogP contribution in [0.1, 0.15) is 0 Å². The largest absolute Gasteiger partial charge is 0.399 e. The molecule has 4 N–H and O–H groups in total. The molecule has 0 spiro atoms. The smallest absolute Gasteiger partial charge is 0.240 e. The number of nitrogens with two attached hydrogens (primary N) is 2. The van der Waals surface area contributed by atoms with Crippen LogP contribution in [0.4, 0.5) is 5.69 Å². The lowest BCUT2D eigenvalue weighted by molar-refractivity contribution is 0.597. The number of primary sulfonamides is 1. The molecule has 0 fully saturated rings. The highest BCUT2D eigenvalue weighted by Crippen LogP contribution is 2.25. The van der Waals surface area contributed by atoms with Gasteiger partial charge in [-0.3, -0.25) is 0 Å². The molecule has 20 heavy (non-hydrogen) atoms. The highest BCUT2D eigenvalue weighted by atomic mass is 32.2. The summed E-state index contributed by atoms with van der Waals surface area (Å²) >= 11 is 0. The zero-order chi connectivity index (χ0) is 14.3. The van der Waals surface area contributed by atoms with E-state index in [-0.39, 0.29) is 4.90 Å².